The number of aliphatic hydroxyl groups excluding tert-OH is 1. The quantitative estimate of drug-likeness (QED) is 0.461. The third-order valence-electron chi connectivity index (χ3n) is 4.38. The second-order valence-electron chi connectivity index (χ2n) is 6.39. The Balaban J connectivity index is 2.15. The van der Waals surface area contributed by atoms with Gasteiger partial charge in [0.1, 0.15) is 5.75 Å². The lowest BCUT2D eigenvalue weighted by molar-refractivity contribution is -0.138. The van der Waals surface area contributed by atoms with Gasteiger partial charge in [-0.25, -0.2) is 4.99 Å². The van der Waals surface area contributed by atoms with Crippen molar-refractivity contribution >= 4 is 5.96 Å². The van der Waals surface area contributed by atoms with Gasteiger partial charge in [0.25, 0.3) is 0 Å². The highest BCUT2D eigenvalue weighted by Gasteiger charge is 2.33. The van der Waals surface area contributed by atoms with Gasteiger partial charge in [-0.2, -0.15) is 13.2 Å². The summed E-state index contributed by atoms with van der Waals surface area (Å²) in [6.45, 7) is 2.60. The van der Waals surface area contributed by atoms with E-state index >= 15 is 0 Å². The van der Waals surface area contributed by atoms with Crippen LogP contribution in [0.1, 0.15) is 29.5 Å². The van der Waals surface area contributed by atoms with Crippen molar-refractivity contribution in [2.75, 3.05) is 26.8 Å². The molecule has 0 aliphatic heterocycles. The third kappa shape index (κ3) is 6.67. The third-order valence-corrected chi connectivity index (χ3v) is 4.38. The van der Waals surface area contributed by atoms with Crippen molar-refractivity contribution in [1.29, 1.82) is 0 Å². The van der Waals surface area contributed by atoms with Gasteiger partial charge in [0, 0.05) is 19.0 Å². The van der Waals surface area contributed by atoms with Crippen LogP contribution in [0.15, 0.2) is 53.5 Å². The number of rotatable bonds is 8. The molecule has 2 rings (SSSR count). The summed E-state index contributed by atoms with van der Waals surface area (Å²) < 4.78 is 45.0. The number of aliphatic imine (C=N–C) groups is 1. The molecular formula is C21H26F3N3O2. The van der Waals surface area contributed by atoms with E-state index in [0.717, 1.165) is 11.6 Å². The molecule has 2 aromatic rings. The second kappa shape index (κ2) is 10.7. The fourth-order valence-corrected chi connectivity index (χ4v) is 2.82. The van der Waals surface area contributed by atoms with E-state index in [9.17, 15) is 18.3 Å². The van der Waals surface area contributed by atoms with Crippen LogP contribution in [0.25, 0.3) is 0 Å². The van der Waals surface area contributed by atoms with Gasteiger partial charge in [0.2, 0.25) is 0 Å². The van der Waals surface area contributed by atoms with Crippen molar-refractivity contribution in [3.05, 3.63) is 65.2 Å². The minimum Gasteiger partial charge on any atom is -0.497 e. The maximum atomic E-state index is 13.4. The molecule has 0 radical (unpaired) electrons. The van der Waals surface area contributed by atoms with E-state index in [0.29, 0.717) is 19.0 Å². The average molecular weight is 409 g/mol. The molecule has 0 bridgehead atoms. The number of hydrogen-bond acceptors (Lipinski definition) is 3. The number of nitrogens with one attached hydrogen (secondary N) is 2. The van der Waals surface area contributed by atoms with Crippen molar-refractivity contribution < 1.29 is 23.0 Å². The molecule has 0 aliphatic rings. The predicted molar refractivity (Wildman–Crippen MR) is 107 cm³/mol. The van der Waals surface area contributed by atoms with Gasteiger partial charge in [0.05, 0.1) is 25.8 Å². The Hall–Kier alpha value is -2.74. The van der Waals surface area contributed by atoms with Crippen LogP contribution in [0, 0.1) is 0 Å². The molecule has 29 heavy (non-hydrogen) atoms. The topological polar surface area (TPSA) is 65.9 Å². The molecule has 0 aromatic heterocycles. The number of aliphatic hydroxyl groups is 1. The lowest BCUT2D eigenvalue weighted by Crippen LogP contribution is -2.40. The Kier molecular flexibility index (Phi) is 8.33. The number of methoxy groups -OCH3 is 1. The van der Waals surface area contributed by atoms with Crippen LogP contribution in [0.2, 0.25) is 0 Å². The highest BCUT2D eigenvalue weighted by Crippen LogP contribution is 2.34. The van der Waals surface area contributed by atoms with E-state index in [4.69, 9.17) is 4.74 Å². The standard InChI is InChI=1S/C21H26F3N3O2/c1-3-25-20(27-13-17(14-28)15-7-5-4-6-8-15)26-12-16-9-10-18(29-2)11-19(16)21(22,23)24/h4-11,17,28H,3,12-14H2,1-2H3,(H2,25,26,27). The zero-order valence-corrected chi connectivity index (χ0v) is 16.5. The average Bonchev–Trinajstić information content (AvgIpc) is 2.72. The minimum absolute atomic E-state index is 0.0530. The number of halogens is 3. The SMILES string of the molecule is CCNC(=NCc1ccc(OC)cc1C(F)(F)F)NCC(CO)c1ccccc1. The van der Waals surface area contributed by atoms with Gasteiger partial charge in [-0.3, -0.25) is 0 Å². The molecule has 5 nitrogen and oxygen atoms in total. The molecule has 158 valence electrons. The first-order valence-electron chi connectivity index (χ1n) is 9.31. The summed E-state index contributed by atoms with van der Waals surface area (Å²) >= 11 is 0. The molecule has 1 atom stereocenters. The van der Waals surface area contributed by atoms with Crippen molar-refractivity contribution in [3.63, 3.8) is 0 Å². The van der Waals surface area contributed by atoms with E-state index in [-0.39, 0.29) is 30.4 Å². The fraction of sp³-hybridized carbons (Fsp3) is 0.381. The summed E-state index contributed by atoms with van der Waals surface area (Å²) in [5.41, 5.74) is 0.249. The lowest BCUT2D eigenvalue weighted by atomic mass is 10.0. The van der Waals surface area contributed by atoms with Gasteiger partial charge >= 0.3 is 6.18 Å². The van der Waals surface area contributed by atoms with Crippen molar-refractivity contribution in [2.45, 2.75) is 25.6 Å². The summed E-state index contributed by atoms with van der Waals surface area (Å²) in [5.74, 6) is 0.362. The lowest BCUT2D eigenvalue weighted by Gasteiger charge is -2.18. The Morgan fingerprint density at radius 2 is 1.86 bits per heavy atom. The van der Waals surface area contributed by atoms with Gasteiger partial charge in [-0.05, 0) is 30.2 Å². The van der Waals surface area contributed by atoms with Gasteiger partial charge in [-0.15, -0.1) is 0 Å². The Morgan fingerprint density at radius 3 is 2.45 bits per heavy atom. The summed E-state index contributed by atoms with van der Waals surface area (Å²) in [7, 11) is 1.32. The maximum absolute atomic E-state index is 13.4. The van der Waals surface area contributed by atoms with E-state index < -0.39 is 11.7 Å². The molecule has 0 fully saturated rings. The molecule has 3 N–H and O–H groups in total. The Morgan fingerprint density at radius 1 is 1.14 bits per heavy atom. The number of benzene rings is 2. The van der Waals surface area contributed by atoms with Crippen molar-refractivity contribution in [3.8, 4) is 5.75 Å². The summed E-state index contributed by atoms with van der Waals surface area (Å²) in [6, 6.07) is 13.3. The van der Waals surface area contributed by atoms with E-state index in [1.165, 1.54) is 19.2 Å². The first-order valence-corrected chi connectivity index (χ1v) is 9.31. The van der Waals surface area contributed by atoms with Crippen molar-refractivity contribution in [2.24, 2.45) is 4.99 Å². The van der Waals surface area contributed by atoms with E-state index in [1.807, 2.05) is 37.3 Å². The Labute approximate surface area is 168 Å². The second-order valence-corrected chi connectivity index (χ2v) is 6.39. The van der Waals surface area contributed by atoms with E-state index in [2.05, 4.69) is 15.6 Å². The zero-order valence-electron chi connectivity index (χ0n) is 16.5. The molecule has 1 unspecified atom stereocenters. The first kappa shape index (κ1) is 22.5. The van der Waals surface area contributed by atoms with Crippen molar-refractivity contribution in [1.82, 2.24) is 10.6 Å². The number of guanidine groups is 1. The van der Waals surface area contributed by atoms with Gasteiger partial charge in [0.15, 0.2) is 5.96 Å². The normalized spacial score (nSPS) is 13.1. The van der Waals surface area contributed by atoms with Gasteiger partial charge < -0.3 is 20.5 Å². The maximum Gasteiger partial charge on any atom is 0.416 e. The number of hydrogen-bond donors (Lipinski definition) is 3. The highest BCUT2D eigenvalue weighted by molar-refractivity contribution is 5.79. The Bertz CT molecular complexity index is 796. The zero-order chi connectivity index (χ0) is 21.3. The fourth-order valence-electron chi connectivity index (χ4n) is 2.82. The number of alkyl halides is 3. The summed E-state index contributed by atoms with van der Waals surface area (Å²) in [5, 5.41) is 15.8. The molecule has 0 spiro atoms. The smallest absolute Gasteiger partial charge is 0.416 e. The van der Waals surface area contributed by atoms with Crippen LogP contribution in [0.4, 0.5) is 13.2 Å². The van der Waals surface area contributed by atoms with Crippen LogP contribution in [0.3, 0.4) is 0 Å². The van der Waals surface area contributed by atoms with Gasteiger partial charge in [-0.1, -0.05) is 36.4 Å². The molecule has 0 amide bonds. The highest BCUT2D eigenvalue weighted by atomic mass is 19.4. The largest absolute Gasteiger partial charge is 0.497 e. The number of nitrogens with zero attached hydrogens (tertiary/aromatic N) is 1. The monoisotopic (exact) mass is 409 g/mol. The van der Waals surface area contributed by atoms with Crippen LogP contribution in [0.5, 0.6) is 5.75 Å². The van der Waals surface area contributed by atoms with Crippen LogP contribution < -0.4 is 15.4 Å². The van der Waals surface area contributed by atoms with Crippen LogP contribution in [-0.2, 0) is 12.7 Å². The molecule has 0 heterocycles. The molecule has 0 saturated heterocycles. The van der Waals surface area contributed by atoms with Crippen LogP contribution >= 0.6 is 0 Å². The predicted octanol–water partition coefficient (Wildman–Crippen LogP) is 3.55. The summed E-state index contributed by atoms with van der Waals surface area (Å²) in [6.07, 6.45) is -4.50. The number of ether oxygens (including phenoxy) is 1. The molecule has 0 aliphatic carbocycles. The molecule has 2 aromatic carbocycles. The molecule has 8 heteroatoms. The van der Waals surface area contributed by atoms with Crippen LogP contribution in [-0.4, -0.2) is 37.9 Å². The molecule has 0 saturated carbocycles. The summed E-state index contributed by atoms with van der Waals surface area (Å²) in [4.78, 5) is 4.29. The van der Waals surface area contributed by atoms with E-state index in [1.54, 1.807) is 0 Å². The minimum atomic E-state index is -4.50. The molecular weight excluding hydrogens is 383 g/mol. The first-order chi connectivity index (χ1) is 13.9.